The molecule has 3 heteroatoms. The van der Waals surface area contributed by atoms with E-state index in [1.54, 1.807) is 4.80 Å². The molecule has 3 aromatic rings. The third-order valence-corrected chi connectivity index (χ3v) is 3.65. The van der Waals surface area contributed by atoms with Gasteiger partial charge >= 0.3 is 0 Å². The van der Waals surface area contributed by atoms with E-state index < -0.39 is 0 Å². The summed E-state index contributed by atoms with van der Waals surface area (Å²) in [7, 11) is 0. The average Bonchev–Trinajstić information content (AvgIpc) is 2.88. The van der Waals surface area contributed by atoms with E-state index in [2.05, 4.69) is 48.3 Å². The van der Waals surface area contributed by atoms with Gasteiger partial charge in [-0.15, -0.1) is 5.10 Å². The highest BCUT2D eigenvalue weighted by Crippen LogP contribution is 2.15. The zero-order valence-corrected chi connectivity index (χ0v) is 13.1. The number of hydrogen-bond acceptors (Lipinski definition) is 2. The summed E-state index contributed by atoms with van der Waals surface area (Å²) in [5, 5.41) is 9.05. The van der Waals surface area contributed by atoms with Crippen molar-refractivity contribution in [1.29, 1.82) is 0 Å². The van der Waals surface area contributed by atoms with Crippen LogP contribution in [0, 0.1) is 20.8 Å². The Bertz CT molecular complexity index is 814. The molecule has 0 aliphatic rings. The largest absolute Gasteiger partial charge is 0.153 e. The van der Waals surface area contributed by atoms with Crippen LogP contribution >= 0.6 is 0 Å². The number of rotatable bonds is 3. The Morgan fingerprint density at radius 3 is 2.36 bits per heavy atom. The van der Waals surface area contributed by atoms with Crippen LogP contribution in [0.15, 0.2) is 48.5 Å². The molecule has 1 heterocycles. The van der Waals surface area contributed by atoms with Crippen LogP contribution in [0.4, 0.5) is 0 Å². The normalized spacial score (nSPS) is 11.2. The van der Waals surface area contributed by atoms with Gasteiger partial charge in [-0.2, -0.15) is 9.90 Å². The van der Waals surface area contributed by atoms with Crippen LogP contribution in [0.1, 0.15) is 28.1 Å². The lowest BCUT2D eigenvalue weighted by Crippen LogP contribution is -1.98. The Hall–Kier alpha value is -2.68. The Morgan fingerprint density at radius 2 is 1.64 bits per heavy atom. The molecule has 0 fully saturated rings. The fourth-order valence-electron chi connectivity index (χ4n) is 2.40. The van der Waals surface area contributed by atoms with Gasteiger partial charge in [-0.05, 0) is 50.1 Å². The van der Waals surface area contributed by atoms with Gasteiger partial charge in [-0.1, -0.05) is 48.0 Å². The maximum Gasteiger partial charge on any atom is 0.109 e. The molecular formula is C19H19N3. The molecule has 0 bridgehead atoms. The van der Waals surface area contributed by atoms with Crippen LogP contribution in [-0.4, -0.2) is 15.0 Å². The summed E-state index contributed by atoms with van der Waals surface area (Å²) < 4.78 is 0. The van der Waals surface area contributed by atoms with Gasteiger partial charge in [-0.25, -0.2) is 0 Å². The molecule has 0 aliphatic carbocycles. The number of aromatic nitrogens is 3. The fourth-order valence-corrected chi connectivity index (χ4v) is 2.40. The summed E-state index contributed by atoms with van der Waals surface area (Å²) in [4.78, 5) is 1.68. The van der Waals surface area contributed by atoms with E-state index in [0.29, 0.717) is 0 Å². The molecule has 0 unspecified atom stereocenters. The van der Waals surface area contributed by atoms with Crippen molar-refractivity contribution in [2.24, 2.45) is 0 Å². The Balaban J connectivity index is 1.90. The van der Waals surface area contributed by atoms with Crippen molar-refractivity contribution in [2.75, 3.05) is 0 Å². The van der Waals surface area contributed by atoms with E-state index in [9.17, 15) is 0 Å². The molecule has 0 amide bonds. The molecule has 3 rings (SSSR count). The summed E-state index contributed by atoms with van der Waals surface area (Å²) in [6.45, 7) is 6.21. The van der Waals surface area contributed by atoms with Gasteiger partial charge in [0.25, 0.3) is 0 Å². The van der Waals surface area contributed by atoms with E-state index >= 15 is 0 Å². The predicted molar refractivity (Wildman–Crippen MR) is 90.9 cm³/mol. The second-order valence-electron chi connectivity index (χ2n) is 5.49. The Kier molecular flexibility index (Phi) is 3.88. The number of hydrogen-bond donors (Lipinski definition) is 0. The third-order valence-electron chi connectivity index (χ3n) is 3.65. The number of aryl methyl sites for hydroxylation is 3. The van der Waals surface area contributed by atoms with Gasteiger partial charge in [0.1, 0.15) is 5.69 Å². The summed E-state index contributed by atoms with van der Waals surface area (Å²) in [5.41, 5.74) is 6.54. The maximum absolute atomic E-state index is 4.56. The molecule has 0 atom stereocenters. The summed E-state index contributed by atoms with van der Waals surface area (Å²) in [6.07, 6.45) is 4.13. The van der Waals surface area contributed by atoms with Gasteiger partial charge in [-0.3, -0.25) is 0 Å². The van der Waals surface area contributed by atoms with Crippen molar-refractivity contribution in [3.63, 3.8) is 0 Å². The Labute approximate surface area is 130 Å². The predicted octanol–water partition coefficient (Wildman–Crippen LogP) is 4.36. The highest BCUT2D eigenvalue weighted by atomic mass is 15.5. The second-order valence-corrected chi connectivity index (χ2v) is 5.49. The van der Waals surface area contributed by atoms with Crippen LogP contribution in [0.25, 0.3) is 17.8 Å². The van der Waals surface area contributed by atoms with Gasteiger partial charge in [0.2, 0.25) is 0 Å². The van der Waals surface area contributed by atoms with Crippen LogP contribution in [-0.2, 0) is 0 Å². The van der Waals surface area contributed by atoms with Crippen LogP contribution in [0.2, 0.25) is 0 Å². The summed E-state index contributed by atoms with van der Waals surface area (Å²) >= 11 is 0. The van der Waals surface area contributed by atoms with E-state index in [-0.39, 0.29) is 0 Å². The molecule has 0 radical (unpaired) electrons. The molecule has 2 aromatic carbocycles. The monoisotopic (exact) mass is 289 g/mol. The van der Waals surface area contributed by atoms with Crippen molar-refractivity contribution in [1.82, 2.24) is 15.0 Å². The number of para-hydroxylation sites is 1. The van der Waals surface area contributed by atoms with Gasteiger partial charge < -0.3 is 0 Å². The van der Waals surface area contributed by atoms with Crippen LogP contribution in [0.5, 0.6) is 0 Å². The molecule has 1 aromatic heterocycles. The smallest absolute Gasteiger partial charge is 0.109 e. The van der Waals surface area contributed by atoms with Crippen molar-refractivity contribution in [3.8, 4) is 5.69 Å². The topological polar surface area (TPSA) is 30.7 Å². The first-order valence-corrected chi connectivity index (χ1v) is 7.38. The summed E-state index contributed by atoms with van der Waals surface area (Å²) in [5.74, 6) is 0. The van der Waals surface area contributed by atoms with Crippen molar-refractivity contribution in [3.05, 3.63) is 76.6 Å². The minimum Gasteiger partial charge on any atom is -0.153 e. The Morgan fingerprint density at radius 1 is 0.864 bits per heavy atom. The van der Waals surface area contributed by atoms with Crippen LogP contribution in [0.3, 0.4) is 0 Å². The van der Waals surface area contributed by atoms with E-state index in [4.69, 9.17) is 0 Å². The first-order valence-electron chi connectivity index (χ1n) is 7.38. The highest BCUT2D eigenvalue weighted by molar-refractivity contribution is 5.70. The molecule has 0 saturated heterocycles. The van der Waals surface area contributed by atoms with Crippen molar-refractivity contribution < 1.29 is 0 Å². The minimum atomic E-state index is 0.892. The lowest BCUT2D eigenvalue weighted by atomic mass is 10.1. The summed E-state index contributed by atoms with van der Waals surface area (Å²) in [6, 6.07) is 16.4. The first kappa shape index (κ1) is 14.3. The van der Waals surface area contributed by atoms with Crippen molar-refractivity contribution in [2.45, 2.75) is 20.8 Å². The molecule has 0 saturated carbocycles. The molecular weight excluding hydrogens is 270 g/mol. The standard InChI is InChI=1S/C19H19N3/c1-14-9-10-17(15(2)13-14)11-12-19-16(3)20-22(21-19)18-7-5-4-6-8-18/h4-13H,1-3H3. The van der Waals surface area contributed by atoms with E-state index in [0.717, 1.165) is 17.1 Å². The van der Waals surface area contributed by atoms with E-state index in [1.807, 2.05) is 43.3 Å². The zero-order valence-electron chi connectivity index (χ0n) is 13.1. The molecule has 22 heavy (non-hydrogen) atoms. The SMILES string of the molecule is Cc1ccc(C=Cc2nn(-c3ccccc3)nc2C)c(C)c1. The maximum atomic E-state index is 4.56. The number of nitrogens with zero attached hydrogens (tertiary/aromatic N) is 3. The molecule has 0 spiro atoms. The van der Waals surface area contributed by atoms with Gasteiger partial charge in [0, 0.05) is 0 Å². The fraction of sp³-hybridized carbons (Fsp3) is 0.158. The van der Waals surface area contributed by atoms with Crippen molar-refractivity contribution >= 4 is 12.2 Å². The first-order chi connectivity index (χ1) is 10.6. The lowest BCUT2D eigenvalue weighted by molar-refractivity contribution is 0.744. The molecule has 110 valence electrons. The molecule has 0 N–H and O–H groups in total. The minimum absolute atomic E-state index is 0.892. The average molecular weight is 289 g/mol. The van der Waals surface area contributed by atoms with Gasteiger partial charge in [0.15, 0.2) is 0 Å². The highest BCUT2D eigenvalue weighted by Gasteiger charge is 2.05. The zero-order chi connectivity index (χ0) is 15.5. The van der Waals surface area contributed by atoms with E-state index in [1.165, 1.54) is 16.7 Å². The van der Waals surface area contributed by atoms with Gasteiger partial charge in [0.05, 0.1) is 11.4 Å². The number of benzene rings is 2. The van der Waals surface area contributed by atoms with Crippen LogP contribution < -0.4 is 0 Å². The quantitative estimate of drug-likeness (QED) is 0.717. The third kappa shape index (κ3) is 2.98. The molecule has 3 nitrogen and oxygen atoms in total. The lowest BCUT2D eigenvalue weighted by Gasteiger charge is -2.01. The molecule has 0 aliphatic heterocycles. The second kappa shape index (κ2) is 5.98.